The molecule has 0 aromatic heterocycles. The summed E-state index contributed by atoms with van der Waals surface area (Å²) in [5.41, 5.74) is 0. The zero-order chi connectivity index (χ0) is 16.8. The summed E-state index contributed by atoms with van der Waals surface area (Å²) in [4.78, 5) is 29.8. The van der Waals surface area contributed by atoms with Gasteiger partial charge in [-0.25, -0.2) is 0 Å². The van der Waals surface area contributed by atoms with Gasteiger partial charge in [0.2, 0.25) is 5.91 Å². The zero-order valence-corrected chi connectivity index (χ0v) is 14.2. The Morgan fingerprint density at radius 2 is 1.65 bits per heavy atom. The van der Waals surface area contributed by atoms with Gasteiger partial charge < -0.3 is 14.7 Å². The molecule has 1 unspecified atom stereocenters. The molecule has 2 aliphatic heterocycles. The number of carboxylic acid groups (broad SMARTS) is 1. The van der Waals surface area contributed by atoms with E-state index in [1.165, 1.54) is 0 Å². The van der Waals surface area contributed by atoms with Gasteiger partial charge in [-0.15, -0.1) is 0 Å². The SMILES string of the molecule is CC(C)CC(C(=O)O)N1CCN(CC(=O)N2CCOCC2)CC1. The third-order valence-corrected chi connectivity index (χ3v) is 4.55. The number of hydrogen-bond acceptors (Lipinski definition) is 5. The largest absolute Gasteiger partial charge is 0.480 e. The van der Waals surface area contributed by atoms with Crippen molar-refractivity contribution in [3.05, 3.63) is 0 Å². The number of carbonyl (C=O) groups excluding carboxylic acids is 1. The van der Waals surface area contributed by atoms with Gasteiger partial charge in [-0.1, -0.05) is 13.8 Å². The van der Waals surface area contributed by atoms with Gasteiger partial charge in [0.05, 0.1) is 19.8 Å². The molecule has 0 saturated carbocycles. The van der Waals surface area contributed by atoms with Crippen LogP contribution in [0, 0.1) is 5.92 Å². The van der Waals surface area contributed by atoms with E-state index in [-0.39, 0.29) is 5.91 Å². The van der Waals surface area contributed by atoms with Crippen molar-refractivity contribution in [3.8, 4) is 0 Å². The summed E-state index contributed by atoms with van der Waals surface area (Å²) < 4.78 is 5.26. The van der Waals surface area contributed by atoms with Gasteiger partial charge in [0.1, 0.15) is 6.04 Å². The van der Waals surface area contributed by atoms with Crippen molar-refractivity contribution in [2.75, 3.05) is 59.0 Å². The number of carboxylic acids is 1. The van der Waals surface area contributed by atoms with Crippen LogP contribution >= 0.6 is 0 Å². The number of amides is 1. The Morgan fingerprint density at radius 1 is 1.04 bits per heavy atom. The molecule has 2 aliphatic rings. The zero-order valence-electron chi connectivity index (χ0n) is 14.2. The summed E-state index contributed by atoms with van der Waals surface area (Å²) in [6.45, 7) is 10.0. The van der Waals surface area contributed by atoms with Crippen molar-refractivity contribution in [3.63, 3.8) is 0 Å². The highest BCUT2D eigenvalue weighted by Gasteiger charge is 2.30. The van der Waals surface area contributed by atoms with E-state index in [1.54, 1.807) is 0 Å². The van der Waals surface area contributed by atoms with Crippen LogP contribution < -0.4 is 0 Å². The number of piperazine rings is 1. The van der Waals surface area contributed by atoms with E-state index in [9.17, 15) is 14.7 Å². The average Bonchev–Trinajstić information content (AvgIpc) is 2.54. The number of aliphatic carboxylic acids is 1. The summed E-state index contributed by atoms with van der Waals surface area (Å²) in [5, 5.41) is 9.43. The van der Waals surface area contributed by atoms with Crippen molar-refractivity contribution in [2.45, 2.75) is 26.3 Å². The highest BCUT2D eigenvalue weighted by atomic mass is 16.5. The van der Waals surface area contributed by atoms with E-state index in [4.69, 9.17) is 4.74 Å². The summed E-state index contributed by atoms with van der Waals surface area (Å²) in [6.07, 6.45) is 0.669. The van der Waals surface area contributed by atoms with Crippen LogP contribution in [-0.4, -0.2) is 96.8 Å². The molecule has 0 spiro atoms. The Kier molecular flexibility index (Phi) is 6.80. The fourth-order valence-corrected chi connectivity index (χ4v) is 3.19. The van der Waals surface area contributed by atoms with Crippen LogP contribution in [0.25, 0.3) is 0 Å². The number of rotatable bonds is 6. The molecule has 23 heavy (non-hydrogen) atoms. The first kappa shape index (κ1) is 18.2. The molecule has 2 heterocycles. The molecule has 7 heteroatoms. The summed E-state index contributed by atoms with van der Waals surface area (Å²) >= 11 is 0. The molecule has 2 fully saturated rings. The molecule has 1 atom stereocenters. The summed E-state index contributed by atoms with van der Waals surface area (Å²) in [6, 6.07) is -0.410. The van der Waals surface area contributed by atoms with Crippen molar-refractivity contribution >= 4 is 11.9 Å². The van der Waals surface area contributed by atoms with E-state index in [0.717, 1.165) is 13.1 Å². The van der Waals surface area contributed by atoms with Crippen LogP contribution in [0.5, 0.6) is 0 Å². The molecule has 1 N–H and O–H groups in total. The summed E-state index contributed by atoms with van der Waals surface area (Å²) in [7, 11) is 0. The van der Waals surface area contributed by atoms with Crippen molar-refractivity contribution in [2.24, 2.45) is 5.92 Å². The van der Waals surface area contributed by atoms with E-state index in [0.29, 0.717) is 58.3 Å². The standard InChI is InChI=1S/C16H29N3O4/c1-13(2)11-14(16(21)22)18-5-3-17(4-6-18)12-15(20)19-7-9-23-10-8-19/h13-14H,3-12H2,1-2H3,(H,21,22). The molecular weight excluding hydrogens is 298 g/mol. The van der Waals surface area contributed by atoms with Gasteiger partial charge in [-0.3, -0.25) is 19.4 Å². The fourth-order valence-electron chi connectivity index (χ4n) is 3.19. The molecule has 0 aliphatic carbocycles. The van der Waals surface area contributed by atoms with Crippen LogP contribution in [-0.2, 0) is 14.3 Å². The van der Waals surface area contributed by atoms with Crippen molar-refractivity contribution in [1.82, 2.24) is 14.7 Å². The van der Waals surface area contributed by atoms with Crippen LogP contribution in [0.3, 0.4) is 0 Å². The molecule has 0 radical (unpaired) electrons. The molecule has 2 rings (SSSR count). The lowest BCUT2D eigenvalue weighted by molar-refractivity contribution is -0.145. The lowest BCUT2D eigenvalue weighted by Gasteiger charge is -2.38. The molecule has 1 amide bonds. The van der Waals surface area contributed by atoms with Crippen LogP contribution in [0.4, 0.5) is 0 Å². The maximum absolute atomic E-state index is 12.3. The molecule has 0 aromatic rings. The van der Waals surface area contributed by atoms with E-state index in [1.807, 2.05) is 23.6 Å². The lowest BCUT2D eigenvalue weighted by Crippen LogP contribution is -2.55. The van der Waals surface area contributed by atoms with E-state index >= 15 is 0 Å². The molecule has 7 nitrogen and oxygen atoms in total. The predicted molar refractivity (Wildman–Crippen MR) is 86.3 cm³/mol. The highest BCUT2D eigenvalue weighted by Crippen LogP contribution is 2.15. The maximum atomic E-state index is 12.3. The Hall–Kier alpha value is -1.18. The minimum Gasteiger partial charge on any atom is -0.480 e. The second-order valence-electron chi connectivity index (χ2n) is 6.79. The second kappa shape index (κ2) is 8.61. The van der Waals surface area contributed by atoms with Gasteiger partial charge >= 0.3 is 5.97 Å². The minimum atomic E-state index is -0.739. The Balaban J connectivity index is 1.78. The molecule has 0 aromatic carbocycles. The van der Waals surface area contributed by atoms with Gasteiger partial charge in [-0.05, 0) is 12.3 Å². The lowest BCUT2D eigenvalue weighted by atomic mass is 10.0. The van der Waals surface area contributed by atoms with E-state index < -0.39 is 12.0 Å². The maximum Gasteiger partial charge on any atom is 0.320 e. The fraction of sp³-hybridized carbons (Fsp3) is 0.875. The smallest absolute Gasteiger partial charge is 0.320 e. The molecule has 2 saturated heterocycles. The third-order valence-electron chi connectivity index (χ3n) is 4.55. The first-order valence-corrected chi connectivity index (χ1v) is 8.52. The first-order chi connectivity index (χ1) is 11.0. The number of carbonyl (C=O) groups is 2. The monoisotopic (exact) mass is 327 g/mol. The van der Waals surface area contributed by atoms with E-state index in [2.05, 4.69) is 4.90 Å². The molecule has 0 bridgehead atoms. The van der Waals surface area contributed by atoms with Gasteiger partial charge in [-0.2, -0.15) is 0 Å². The van der Waals surface area contributed by atoms with Gasteiger partial charge in [0, 0.05) is 39.3 Å². The van der Waals surface area contributed by atoms with Gasteiger partial charge in [0.15, 0.2) is 0 Å². The molecule has 132 valence electrons. The normalized spacial score (nSPS) is 22.3. The highest BCUT2D eigenvalue weighted by molar-refractivity contribution is 5.78. The van der Waals surface area contributed by atoms with Crippen LogP contribution in [0.2, 0.25) is 0 Å². The summed E-state index contributed by atoms with van der Waals surface area (Å²) in [5.74, 6) is -0.229. The van der Waals surface area contributed by atoms with Crippen LogP contribution in [0.15, 0.2) is 0 Å². The predicted octanol–water partition coefficient (Wildman–Crippen LogP) is -0.0379. The Labute approximate surface area is 138 Å². The minimum absolute atomic E-state index is 0.152. The Bertz CT molecular complexity index is 402. The first-order valence-electron chi connectivity index (χ1n) is 8.52. The number of ether oxygens (including phenoxy) is 1. The quantitative estimate of drug-likeness (QED) is 0.738. The molecular formula is C16H29N3O4. The topological polar surface area (TPSA) is 73.3 Å². The van der Waals surface area contributed by atoms with Gasteiger partial charge in [0.25, 0.3) is 0 Å². The van der Waals surface area contributed by atoms with Crippen LogP contribution in [0.1, 0.15) is 20.3 Å². The second-order valence-corrected chi connectivity index (χ2v) is 6.79. The number of hydrogen-bond donors (Lipinski definition) is 1. The Morgan fingerprint density at radius 3 is 2.17 bits per heavy atom. The van der Waals surface area contributed by atoms with Crippen molar-refractivity contribution < 1.29 is 19.4 Å². The average molecular weight is 327 g/mol. The number of nitrogens with zero attached hydrogens (tertiary/aromatic N) is 3. The third kappa shape index (κ3) is 5.44. The van der Waals surface area contributed by atoms with Crippen molar-refractivity contribution in [1.29, 1.82) is 0 Å². The number of morpholine rings is 1.